The van der Waals surface area contributed by atoms with Gasteiger partial charge in [0.25, 0.3) is 0 Å². The summed E-state index contributed by atoms with van der Waals surface area (Å²) in [5.41, 5.74) is 8.15. The van der Waals surface area contributed by atoms with Crippen molar-refractivity contribution in [2.75, 3.05) is 14.2 Å². The molecule has 1 atom stereocenters. The van der Waals surface area contributed by atoms with E-state index in [0.29, 0.717) is 0 Å². The largest absolute Gasteiger partial charge is 0.496 e. The molecule has 3 nitrogen and oxygen atoms in total. The van der Waals surface area contributed by atoms with Crippen LogP contribution in [-0.4, -0.2) is 20.3 Å². The molecule has 0 fully saturated rings. The van der Waals surface area contributed by atoms with Crippen LogP contribution in [0.4, 0.5) is 0 Å². The summed E-state index contributed by atoms with van der Waals surface area (Å²) in [7, 11) is 3.36. The van der Waals surface area contributed by atoms with Gasteiger partial charge in [0.1, 0.15) is 11.5 Å². The lowest BCUT2D eigenvalue weighted by Gasteiger charge is -2.15. The maximum absolute atomic E-state index is 5.96. The Morgan fingerprint density at radius 3 is 2.11 bits per heavy atom. The molecule has 0 amide bonds. The number of aryl methyl sites for hydroxylation is 1. The van der Waals surface area contributed by atoms with Crippen molar-refractivity contribution >= 4 is 0 Å². The fourth-order valence-corrected chi connectivity index (χ4v) is 1.70. The average molecular weight is 253 g/mol. The number of hydrogen-bond donors (Lipinski definition) is 1. The minimum Gasteiger partial charge on any atom is -0.496 e. The fraction of sp³-hybridized carbons (Fsp3) is 0.600. The molecular formula is C15H27NO2. The van der Waals surface area contributed by atoms with Gasteiger partial charge in [-0.2, -0.15) is 0 Å². The summed E-state index contributed by atoms with van der Waals surface area (Å²) < 4.78 is 10.7. The SMILES string of the molecule is CC.CCC(N)Cc1cc(OC)c(C)cc1OC. The van der Waals surface area contributed by atoms with Gasteiger partial charge in [-0.25, -0.2) is 0 Å². The summed E-state index contributed by atoms with van der Waals surface area (Å²) in [4.78, 5) is 0. The van der Waals surface area contributed by atoms with E-state index in [9.17, 15) is 0 Å². The summed E-state index contributed by atoms with van der Waals surface area (Å²) in [5.74, 6) is 1.78. The van der Waals surface area contributed by atoms with Gasteiger partial charge in [0.15, 0.2) is 0 Å². The lowest BCUT2D eigenvalue weighted by Crippen LogP contribution is -2.21. The lowest BCUT2D eigenvalue weighted by molar-refractivity contribution is 0.394. The molecule has 0 aliphatic heterocycles. The van der Waals surface area contributed by atoms with Crippen LogP contribution >= 0.6 is 0 Å². The fourth-order valence-electron chi connectivity index (χ4n) is 1.70. The predicted molar refractivity (Wildman–Crippen MR) is 77.6 cm³/mol. The monoisotopic (exact) mass is 253 g/mol. The van der Waals surface area contributed by atoms with E-state index < -0.39 is 0 Å². The van der Waals surface area contributed by atoms with E-state index in [1.54, 1.807) is 14.2 Å². The Hall–Kier alpha value is -1.22. The summed E-state index contributed by atoms with van der Waals surface area (Å²) >= 11 is 0. The third-order valence-corrected chi connectivity index (χ3v) is 2.80. The molecule has 0 aliphatic rings. The van der Waals surface area contributed by atoms with Crippen LogP contribution in [-0.2, 0) is 6.42 Å². The Labute approximate surface area is 111 Å². The van der Waals surface area contributed by atoms with E-state index >= 15 is 0 Å². The second-order valence-corrected chi connectivity index (χ2v) is 4.01. The Bertz CT molecular complexity index is 351. The van der Waals surface area contributed by atoms with E-state index in [0.717, 1.165) is 35.5 Å². The summed E-state index contributed by atoms with van der Waals surface area (Å²) in [6.07, 6.45) is 1.77. The second kappa shape index (κ2) is 8.81. The number of benzene rings is 1. The second-order valence-electron chi connectivity index (χ2n) is 4.01. The maximum Gasteiger partial charge on any atom is 0.122 e. The zero-order chi connectivity index (χ0) is 14.1. The average Bonchev–Trinajstić information content (AvgIpc) is 2.42. The Morgan fingerprint density at radius 2 is 1.67 bits per heavy atom. The molecule has 0 heterocycles. The van der Waals surface area contributed by atoms with Crippen LogP contribution in [0.1, 0.15) is 38.3 Å². The van der Waals surface area contributed by atoms with Crippen LogP contribution in [0.15, 0.2) is 12.1 Å². The molecule has 104 valence electrons. The van der Waals surface area contributed by atoms with Gasteiger partial charge in [-0.15, -0.1) is 0 Å². The van der Waals surface area contributed by atoms with Crippen molar-refractivity contribution in [2.24, 2.45) is 5.73 Å². The molecule has 0 aromatic heterocycles. The summed E-state index contributed by atoms with van der Waals surface area (Å²) in [5, 5.41) is 0. The van der Waals surface area contributed by atoms with E-state index in [1.807, 2.05) is 32.9 Å². The minimum atomic E-state index is 0.168. The van der Waals surface area contributed by atoms with Crippen molar-refractivity contribution in [1.82, 2.24) is 0 Å². The predicted octanol–water partition coefficient (Wildman–Crippen LogP) is 3.32. The lowest BCUT2D eigenvalue weighted by atomic mass is 10.0. The smallest absolute Gasteiger partial charge is 0.122 e. The van der Waals surface area contributed by atoms with Gasteiger partial charge in [0.2, 0.25) is 0 Å². The van der Waals surface area contributed by atoms with Gasteiger partial charge in [-0.05, 0) is 43.0 Å². The first-order chi connectivity index (χ1) is 8.62. The van der Waals surface area contributed by atoms with Gasteiger partial charge >= 0.3 is 0 Å². The molecule has 0 saturated carbocycles. The molecule has 1 aromatic carbocycles. The molecule has 0 radical (unpaired) electrons. The van der Waals surface area contributed by atoms with Crippen LogP contribution in [0, 0.1) is 6.92 Å². The molecule has 3 heteroatoms. The van der Waals surface area contributed by atoms with E-state index in [2.05, 4.69) is 6.92 Å². The summed E-state index contributed by atoms with van der Waals surface area (Å²) in [6, 6.07) is 4.18. The highest BCUT2D eigenvalue weighted by Gasteiger charge is 2.11. The molecule has 0 aliphatic carbocycles. The van der Waals surface area contributed by atoms with Gasteiger partial charge in [-0.3, -0.25) is 0 Å². The molecule has 2 N–H and O–H groups in total. The maximum atomic E-state index is 5.96. The molecule has 0 bridgehead atoms. The van der Waals surface area contributed by atoms with Crippen molar-refractivity contribution in [3.8, 4) is 11.5 Å². The third kappa shape index (κ3) is 4.57. The molecule has 18 heavy (non-hydrogen) atoms. The zero-order valence-corrected chi connectivity index (χ0v) is 12.5. The van der Waals surface area contributed by atoms with E-state index in [-0.39, 0.29) is 6.04 Å². The number of hydrogen-bond acceptors (Lipinski definition) is 3. The van der Waals surface area contributed by atoms with Crippen molar-refractivity contribution in [3.63, 3.8) is 0 Å². The Balaban J connectivity index is 0.00000137. The zero-order valence-electron chi connectivity index (χ0n) is 12.5. The first kappa shape index (κ1) is 16.8. The molecule has 1 unspecified atom stereocenters. The molecule has 1 rings (SSSR count). The standard InChI is InChI=1S/C13H21NO2.C2H6/c1-5-11(14)7-10-8-12(15-3)9(2)6-13(10)16-4;1-2/h6,8,11H,5,7,14H2,1-4H3;1-2H3. The van der Waals surface area contributed by atoms with E-state index in [4.69, 9.17) is 15.2 Å². The highest BCUT2D eigenvalue weighted by Crippen LogP contribution is 2.29. The molecular weight excluding hydrogens is 226 g/mol. The molecule has 0 saturated heterocycles. The Kier molecular flexibility index (Phi) is 8.21. The minimum absolute atomic E-state index is 0.168. The molecule has 0 spiro atoms. The van der Waals surface area contributed by atoms with Crippen molar-refractivity contribution in [3.05, 3.63) is 23.3 Å². The summed E-state index contributed by atoms with van der Waals surface area (Å²) in [6.45, 7) is 8.09. The van der Waals surface area contributed by atoms with Crippen molar-refractivity contribution in [1.29, 1.82) is 0 Å². The van der Waals surface area contributed by atoms with Crippen LogP contribution in [0.5, 0.6) is 11.5 Å². The van der Waals surface area contributed by atoms with Gasteiger partial charge in [0, 0.05) is 6.04 Å². The highest BCUT2D eigenvalue weighted by molar-refractivity contribution is 5.46. The molecule has 1 aromatic rings. The van der Waals surface area contributed by atoms with Gasteiger partial charge < -0.3 is 15.2 Å². The number of methoxy groups -OCH3 is 2. The first-order valence-corrected chi connectivity index (χ1v) is 6.59. The van der Waals surface area contributed by atoms with Crippen LogP contribution in [0.25, 0.3) is 0 Å². The number of rotatable bonds is 5. The van der Waals surface area contributed by atoms with Gasteiger partial charge in [0.05, 0.1) is 14.2 Å². The van der Waals surface area contributed by atoms with Crippen molar-refractivity contribution in [2.45, 2.75) is 46.6 Å². The normalized spacial score (nSPS) is 11.3. The van der Waals surface area contributed by atoms with Crippen LogP contribution in [0.2, 0.25) is 0 Å². The Morgan fingerprint density at radius 1 is 1.11 bits per heavy atom. The number of nitrogens with two attached hydrogens (primary N) is 1. The quantitative estimate of drug-likeness (QED) is 0.875. The van der Waals surface area contributed by atoms with E-state index in [1.165, 1.54) is 0 Å². The number of ether oxygens (including phenoxy) is 2. The third-order valence-electron chi connectivity index (χ3n) is 2.80. The first-order valence-electron chi connectivity index (χ1n) is 6.59. The topological polar surface area (TPSA) is 44.5 Å². The van der Waals surface area contributed by atoms with Crippen LogP contribution < -0.4 is 15.2 Å². The van der Waals surface area contributed by atoms with Crippen molar-refractivity contribution < 1.29 is 9.47 Å². The van der Waals surface area contributed by atoms with Gasteiger partial charge in [-0.1, -0.05) is 20.8 Å². The highest BCUT2D eigenvalue weighted by atomic mass is 16.5. The van der Waals surface area contributed by atoms with Crippen LogP contribution in [0.3, 0.4) is 0 Å².